The summed E-state index contributed by atoms with van der Waals surface area (Å²) in [6.07, 6.45) is 5.17. The van der Waals surface area contributed by atoms with Crippen molar-refractivity contribution in [3.63, 3.8) is 0 Å². The molecule has 0 unspecified atom stereocenters. The van der Waals surface area contributed by atoms with Crippen LogP contribution in [0.15, 0.2) is 30.3 Å². The predicted octanol–water partition coefficient (Wildman–Crippen LogP) is 5.40. The number of rotatable bonds is 7. The van der Waals surface area contributed by atoms with E-state index < -0.39 is 11.0 Å². The lowest BCUT2D eigenvalue weighted by atomic mass is 9.73. The minimum Gasteiger partial charge on any atom is -0.469 e. The molecule has 1 aromatic carbocycles. The van der Waals surface area contributed by atoms with Crippen LogP contribution in [0.5, 0.6) is 0 Å². The highest BCUT2D eigenvalue weighted by Gasteiger charge is 2.43. The SMILES string of the molecule is COC(=O)C1(CCCC2CCN(C(=O)OCc3ccccc3)CC2)CCN(C(=O)OC(C)(C)C)CC1. The maximum absolute atomic E-state index is 12.7. The van der Waals surface area contributed by atoms with Crippen molar-refractivity contribution in [2.24, 2.45) is 11.3 Å². The van der Waals surface area contributed by atoms with Crippen molar-refractivity contribution < 1.29 is 28.6 Å². The number of likely N-dealkylation sites (tertiary alicyclic amines) is 2. The van der Waals surface area contributed by atoms with Gasteiger partial charge in [0, 0.05) is 26.2 Å². The van der Waals surface area contributed by atoms with Gasteiger partial charge >= 0.3 is 18.2 Å². The van der Waals surface area contributed by atoms with Gasteiger partial charge in [-0.3, -0.25) is 4.79 Å². The van der Waals surface area contributed by atoms with E-state index in [1.807, 2.05) is 51.1 Å². The first-order chi connectivity index (χ1) is 17.1. The van der Waals surface area contributed by atoms with Gasteiger partial charge in [-0.05, 0) is 64.4 Å². The van der Waals surface area contributed by atoms with Crippen LogP contribution in [0.25, 0.3) is 0 Å². The van der Waals surface area contributed by atoms with Gasteiger partial charge in [-0.2, -0.15) is 0 Å². The topological polar surface area (TPSA) is 85.4 Å². The van der Waals surface area contributed by atoms with Gasteiger partial charge in [0.1, 0.15) is 12.2 Å². The number of ether oxygens (including phenoxy) is 3. The highest BCUT2D eigenvalue weighted by molar-refractivity contribution is 5.77. The highest BCUT2D eigenvalue weighted by Crippen LogP contribution is 2.39. The van der Waals surface area contributed by atoms with Crippen molar-refractivity contribution in [1.82, 2.24) is 9.80 Å². The van der Waals surface area contributed by atoms with Gasteiger partial charge in [0.15, 0.2) is 0 Å². The van der Waals surface area contributed by atoms with Crippen molar-refractivity contribution in [2.45, 2.75) is 77.9 Å². The van der Waals surface area contributed by atoms with Gasteiger partial charge in [0.25, 0.3) is 0 Å². The Kier molecular flexibility index (Phi) is 9.63. The first kappa shape index (κ1) is 27.8. The molecule has 8 nitrogen and oxygen atoms in total. The third kappa shape index (κ3) is 7.87. The maximum atomic E-state index is 12.7. The number of benzene rings is 1. The fourth-order valence-electron chi connectivity index (χ4n) is 5.16. The molecule has 2 amide bonds. The Labute approximate surface area is 215 Å². The number of hydrogen-bond donors (Lipinski definition) is 0. The first-order valence-electron chi connectivity index (χ1n) is 13.1. The number of carbonyl (C=O) groups is 3. The number of methoxy groups -OCH3 is 1. The Morgan fingerprint density at radius 1 is 0.944 bits per heavy atom. The summed E-state index contributed by atoms with van der Waals surface area (Å²) in [7, 11) is 1.44. The van der Waals surface area contributed by atoms with Gasteiger partial charge in [0.05, 0.1) is 12.5 Å². The molecule has 2 heterocycles. The zero-order valence-electron chi connectivity index (χ0n) is 22.3. The quantitative estimate of drug-likeness (QED) is 0.367. The van der Waals surface area contributed by atoms with E-state index >= 15 is 0 Å². The molecule has 0 radical (unpaired) electrons. The van der Waals surface area contributed by atoms with Crippen LogP contribution in [0.4, 0.5) is 9.59 Å². The maximum Gasteiger partial charge on any atom is 0.410 e. The standard InChI is InChI=1S/C28H42N2O6/c1-27(2,3)36-26(33)30-19-15-28(16-20-30,24(31)34-4)14-8-11-22-12-17-29(18-13-22)25(32)35-21-23-9-6-5-7-10-23/h5-7,9-10,22H,8,11-21H2,1-4H3. The molecule has 0 N–H and O–H groups in total. The monoisotopic (exact) mass is 502 g/mol. The summed E-state index contributed by atoms with van der Waals surface area (Å²) in [5.41, 5.74) is -0.102. The summed E-state index contributed by atoms with van der Waals surface area (Å²) in [6, 6.07) is 9.70. The fraction of sp³-hybridized carbons (Fsp3) is 0.679. The molecule has 2 fully saturated rings. The predicted molar refractivity (Wildman–Crippen MR) is 136 cm³/mol. The zero-order chi connectivity index (χ0) is 26.2. The second-order valence-corrected chi connectivity index (χ2v) is 11.1. The summed E-state index contributed by atoms with van der Waals surface area (Å²) in [5.74, 6) is 0.349. The van der Waals surface area contributed by atoms with Gasteiger partial charge < -0.3 is 24.0 Å². The van der Waals surface area contributed by atoms with E-state index in [1.54, 1.807) is 9.80 Å². The number of nitrogens with zero attached hydrogens (tertiary/aromatic N) is 2. The van der Waals surface area contributed by atoms with Gasteiger partial charge in [0.2, 0.25) is 0 Å². The normalized spacial score (nSPS) is 18.4. The molecular formula is C28H42N2O6. The van der Waals surface area contributed by atoms with E-state index in [0.717, 1.165) is 37.7 Å². The number of hydrogen-bond acceptors (Lipinski definition) is 6. The molecule has 2 saturated heterocycles. The third-order valence-corrected chi connectivity index (χ3v) is 7.34. The number of piperidine rings is 2. The lowest BCUT2D eigenvalue weighted by molar-refractivity contribution is -0.156. The molecule has 200 valence electrons. The second-order valence-electron chi connectivity index (χ2n) is 11.1. The molecule has 0 spiro atoms. The van der Waals surface area contributed by atoms with Crippen LogP contribution in [0.3, 0.4) is 0 Å². The van der Waals surface area contributed by atoms with Gasteiger partial charge in [-0.15, -0.1) is 0 Å². The Bertz CT molecular complexity index is 866. The molecule has 1 aromatic rings. The van der Waals surface area contributed by atoms with E-state index in [2.05, 4.69) is 0 Å². The van der Waals surface area contributed by atoms with Crippen molar-refractivity contribution in [3.05, 3.63) is 35.9 Å². The lowest BCUT2D eigenvalue weighted by Gasteiger charge is -2.40. The van der Waals surface area contributed by atoms with Crippen LogP contribution < -0.4 is 0 Å². The van der Waals surface area contributed by atoms with Gasteiger partial charge in [-0.25, -0.2) is 9.59 Å². The summed E-state index contributed by atoms with van der Waals surface area (Å²) in [4.78, 5) is 41.1. The molecule has 8 heteroatoms. The van der Waals surface area contributed by atoms with E-state index in [0.29, 0.717) is 51.5 Å². The Morgan fingerprint density at radius 3 is 2.14 bits per heavy atom. The van der Waals surface area contributed by atoms with Crippen LogP contribution in [0.2, 0.25) is 0 Å². The Morgan fingerprint density at radius 2 is 1.56 bits per heavy atom. The van der Waals surface area contributed by atoms with Crippen molar-refractivity contribution in [2.75, 3.05) is 33.3 Å². The van der Waals surface area contributed by atoms with Crippen LogP contribution in [0.1, 0.15) is 71.3 Å². The lowest BCUT2D eigenvalue weighted by Crippen LogP contribution is -2.48. The van der Waals surface area contributed by atoms with Crippen LogP contribution in [-0.2, 0) is 25.6 Å². The average molecular weight is 503 g/mol. The minimum absolute atomic E-state index is 0.178. The van der Waals surface area contributed by atoms with E-state index in [1.165, 1.54) is 7.11 Å². The molecule has 0 atom stereocenters. The molecule has 0 aromatic heterocycles. The average Bonchev–Trinajstić information content (AvgIpc) is 2.87. The number of esters is 1. The molecule has 36 heavy (non-hydrogen) atoms. The van der Waals surface area contributed by atoms with E-state index in [9.17, 15) is 14.4 Å². The second kappa shape index (κ2) is 12.5. The van der Waals surface area contributed by atoms with E-state index in [4.69, 9.17) is 14.2 Å². The molecule has 0 aliphatic carbocycles. The van der Waals surface area contributed by atoms with E-state index in [-0.39, 0.29) is 18.2 Å². The highest BCUT2D eigenvalue weighted by atomic mass is 16.6. The smallest absolute Gasteiger partial charge is 0.410 e. The van der Waals surface area contributed by atoms with Crippen molar-refractivity contribution in [3.8, 4) is 0 Å². The molecular weight excluding hydrogens is 460 g/mol. The minimum atomic E-state index is -0.546. The van der Waals surface area contributed by atoms with Crippen LogP contribution in [-0.4, -0.2) is 66.8 Å². The third-order valence-electron chi connectivity index (χ3n) is 7.34. The summed E-state index contributed by atoms with van der Waals surface area (Å²) >= 11 is 0. The van der Waals surface area contributed by atoms with Crippen molar-refractivity contribution in [1.29, 1.82) is 0 Å². The number of carbonyl (C=O) groups excluding carboxylic acids is 3. The summed E-state index contributed by atoms with van der Waals surface area (Å²) < 4.78 is 16.1. The summed E-state index contributed by atoms with van der Waals surface area (Å²) in [6.45, 7) is 8.24. The zero-order valence-corrected chi connectivity index (χ0v) is 22.3. The molecule has 0 saturated carbocycles. The Balaban J connectivity index is 1.41. The summed E-state index contributed by atoms with van der Waals surface area (Å²) in [5, 5.41) is 0. The number of amides is 2. The molecule has 2 aliphatic heterocycles. The van der Waals surface area contributed by atoms with Crippen LogP contribution >= 0.6 is 0 Å². The van der Waals surface area contributed by atoms with Gasteiger partial charge in [-0.1, -0.05) is 43.2 Å². The Hall–Kier alpha value is -2.77. The molecule has 2 aliphatic rings. The largest absolute Gasteiger partial charge is 0.469 e. The van der Waals surface area contributed by atoms with Crippen LogP contribution in [0, 0.1) is 11.3 Å². The van der Waals surface area contributed by atoms with Crippen molar-refractivity contribution >= 4 is 18.2 Å². The molecule has 3 rings (SSSR count). The fourth-order valence-corrected chi connectivity index (χ4v) is 5.16. The first-order valence-corrected chi connectivity index (χ1v) is 13.1. The molecule has 0 bridgehead atoms.